The fourth-order valence-electron chi connectivity index (χ4n) is 2.40. The lowest BCUT2D eigenvalue weighted by atomic mass is 9.98. The number of rotatable bonds is 5. The van der Waals surface area contributed by atoms with Crippen molar-refractivity contribution in [3.8, 4) is 11.1 Å². The summed E-state index contributed by atoms with van der Waals surface area (Å²) < 4.78 is 27.6. The molecule has 0 radical (unpaired) electrons. The Hall–Kier alpha value is -1.74. The molecule has 0 heterocycles. The number of nitrogens with one attached hydrogen (secondary N) is 1. The van der Waals surface area contributed by atoms with Crippen LogP contribution in [-0.2, 0) is 0 Å². The van der Waals surface area contributed by atoms with Gasteiger partial charge in [-0.1, -0.05) is 19.1 Å². The molecule has 1 atom stereocenters. The molecule has 0 saturated heterocycles. The highest BCUT2D eigenvalue weighted by molar-refractivity contribution is 5.66. The van der Waals surface area contributed by atoms with E-state index in [-0.39, 0.29) is 17.7 Å². The maximum absolute atomic E-state index is 14.1. The summed E-state index contributed by atoms with van der Waals surface area (Å²) in [5.41, 5.74) is 2.81. The van der Waals surface area contributed by atoms with Crippen molar-refractivity contribution in [1.29, 1.82) is 0 Å². The molecule has 0 aliphatic carbocycles. The Kier molecular flexibility index (Phi) is 5.07. The number of hydrogen-bond donors (Lipinski definition) is 1. The van der Waals surface area contributed by atoms with Gasteiger partial charge in [0.15, 0.2) is 0 Å². The van der Waals surface area contributed by atoms with Crippen molar-refractivity contribution in [3.63, 3.8) is 0 Å². The summed E-state index contributed by atoms with van der Waals surface area (Å²) in [4.78, 5) is 0. The van der Waals surface area contributed by atoms with E-state index in [0.29, 0.717) is 11.1 Å². The van der Waals surface area contributed by atoms with Crippen molar-refractivity contribution in [3.05, 3.63) is 59.2 Å². The van der Waals surface area contributed by atoms with Gasteiger partial charge in [-0.15, -0.1) is 0 Å². The van der Waals surface area contributed by atoms with Gasteiger partial charge < -0.3 is 5.32 Å². The molecular weight excluding hydrogens is 268 g/mol. The summed E-state index contributed by atoms with van der Waals surface area (Å²) in [6.07, 6.45) is 1.04. The van der Waals surface area contributed by atoms with Crippen LogP contribution in [0.3, 0.4) is 0 Å². The molecule has 2 aromatic carbocycles. The summed E-state index contributed by atoms with van der Waals surface area (Å²) >= 11 is 0. The van der Waals surface area contributed by atoms with Gasteiger partial charge >= 0.3 is 0 Å². The second-order valence-electron chi connectivity index (χ2n) is 5.43. The first-order chi connectivity index (χ1) is 10.0. The van der Waals surface area contributed by atoms with Crippen molar-refractivity contribution in [2.24, 2.45) is 0 Å². The predicted molar refractivity (Wildman–Crippen MR) is 83.2 cm³/mol. The Bertz CT molecular complexity index is 602. The summed E-state index contributed by atoms with van der Waals surface area (Å²) in [6, 6.07) is 9.79. The third kappa shape index (κ3) is 3.88. The van der Waals surface area contributed by atoms with E-state index in [9.17, 15) is 8.78 Å². The van der Waals surface area contributed by atoms with Crippen LogP contribution in [0.4, 0.5) is 8.78 Å². The second-order valence-corrected chi connectivity index (χ2v) is 5.43. The zero-order valence-corrected chi connectivity index (χ0v) is 12.7. The largest absolute Gasteiger partial charge is 0.310 e. The fraction of sp³-hybridized carbons (Fsp3) is 0.333. The van der Waals surface area contributed by atoms with E-state index in [2.05, 4.69) is 12.2 Å². The van der Waals surface area contributed by atoms with Crippen LogP contribution < -0.4 is 5.32 Å². The molecule has 0 aliphatic heterocycles. The van der Waals surface area contributed by atoms with Crippen molar-refractivity contribution in [1.82, 2.24) is 5.32 Å². The van der Waals surface area contributed by atoms with Crippen LogP contribution in [0.25, 0.3) is 11.1 Å². The number of hydrogen-bond acceptors (Lipinski definition) is 1. The number of benzene rings is 2. The van der Waals surface area contributed by atoms with E-state index in [1.54, 1.807) is 25.1 Å². The van der Waals surface area contributed by atoms with Gasteiger partial charge in [-0.3, -0.25) is 0 Å². The molecule has 0 bridgehead atoms. The average Bonchev–Trinajstić information content (AvgIpc) is 2.44. The van der Waals surface area contributed by atoms with E-state index in [0.717, 1.165) is 24.1 Å². The molecule has 0 saturated carbocycles. The molecule has 112 valence electrons. The minimum atomic E-state index is -0.341. The quantitative estimate of drug-likeness (QED) is 0.816. The molecule has 1 nitrogen and oxygen atoms in total. The summed E-state index contributed by atoms with van der Waals surface area (Å²) in [5, 5.41) is 3.37. The topological polar surface area (TPSA) is 12.0 Å². The molecule has 1 N–H and O–H groups in total. The minimum Gasteiger partial charge on any atom is -0.310 e. The predicted octanol–water partition coefficient (Wildman–Crippen LogP) is 5.00. The van der Waals surface area contributed by atoms with Crippen LogP contribution in [0.2, 0.25) is 0 Å². The lowest BCUT2D eigenvalue weighted by Crippen LogP contribution is -2.19. The van der Waals surface area contributed by atoms with Crippen LogP contribution in [0.15, 0.2) is 36.4 Å². The van der Waals surface area contributed by atoms with E-state index in [4.69, 9.17) is 0 Å². The lowest BCUT2D eigenvalue weighted by molar-refractivity contribution is 0.568. The standard InChI is InChI=1S/C18H21F2N/c1-4-7-21-13(3)14-5-6-18(20)17(11-14)15-8-12(2)9-16(19)10-15/h5-6,8-11,13,21H,4,7H2,1-3H3. The Morgan fingerprint density at radius 1 is 1.10 bits per heavy atom. The molecule has 0 amide bonds. The number of aryl methyl sites for hydroxylation is 1. The molecule has 0 fully saturated rings. The highest BCUT2D eigenvalue weighted by Gasteiger charge is 2.11. The summed E-state index contributed by atoms with van der Waals surface area (Å²) in [6.45, 7) is 6.86. The zero-order valence-electron chi connectivity index (χ0n) is 12.7. The SMILES string of the molecule is CCCNC(C)c1ccc(F)c(-c2cc(C)cc(F)c2)c1. The van der Waals surface area contributed by atoms with Crippen LogP contribution in [-0.4, -0.2) is 6.54 Å². The normalized spacial score (nSPS) is 12.4. The molecular formula is C18H21F2N. The maximum Gasteiger partial charge on any atom is 0.131 e. The van der Waals surface area contributed by atoms with Crippen molar-refractivity contribution in [2.75, 3.05) is 6.54 Å². The van der Waals surface area contributed by atoms with Crippen LogP contribution >= 0.6 is 0 Å². The van der Waals surface area contributed by atoms with E-state index in [1.165, 1.54) is 18.2 Å². The molecule has 3 heteroatoms. The Labute approximate surface area is 125 Å². The van der Waals surface area contributed by atoms with Crippen LogP contribution in [0.1, 0.15) is 37.4 Å². The minimum absolute atomic E-state index is 0.138. The zero-order chi connectivity index (χ0) is 15.4. The Balaban J connectivity index is 2.39. The fourth-order valence-corrected chi connectivity index (χ4v) is 2.40. The van der Waals surface area contributed by atoms with E-state index < -0.39 is 0 Å². The van der Waals surface area contributed by atoms with Gasteiger partial charge in [-0.25, -0.2) is 8.78 Å². The Morgan fingerprint density at radius 2 is 1.86 bits per heavy atom. The van der Waals surface area contributed by atoms with Crippen LogP contribution in [0, 0.1) is 18.6 Å². The van der Waals surface area contributed by atoms with Crippen molar-refractivity contribution < 1.29 is 8.78 Å². The molecule has 2 rings (SSSR count). The highest BCUT2D eigenvalue weighted by atomic mass is 19.1. The molecule has 0 spiro atoms. The van der Waals surface area contributed by atoms with Gasteiger partial charge in [0.2, 0.25) is 0 Å². The van der Waals surface area contributed by atoms with Gasteiger partial charge in [0.05, 0.1) is 0 Å². The molecule has 1 unspecified atom stereocenters. The van der Waals surface area contributed by atoms with Gasteiger partial charge in [-0.2, -0.15) is 0 Å². The van der Waals surface area contributed by atoms with Gasteiger partial charge in [0.1, 0.15) is 11.6 Å². The first-order valence-corrected chi connectivity index (χ1v) is 7.31. The molecule has 21 heavy (non-hydrogen) atoms. The first kappa shape index (κ1) is 15.6. The molecule has 2 aromatic rings. The molecule has 0 aromatic heterocycles. The second kappa shape index (κ2) is 6.81. The smallest absolute Gasteiger partial charge is 0.131 e. The van der Waals surface area contributed by atoms with E-state index in [1.807, 2.05) is 6.92 Å². The lowest BCUT2D eigenvalue weighted by Gasteiger charge is -2.15. The van der Waals surface area contributed by atoms with Crippen LogP contribution in [0.5, 0.6) is 0 Å². The summed E-state index contributed by atoms with van der Waals surface area (Å²) in [5.74, 6) is -0.668. The number of halogens is 2. The first-order valence-electron chi connectivity index (χ1n) is 7.31. The molecule has 0 aliphatic rings. The van der Waals surface area contributed by atoms with Gasteiger partial charge in [0, 0.05) is 11.6 Å². The average molecular weight is 289 g/mol. The van der Waals surface area contributed by atoms with Gasteiger partial charge in [0.25, 0.3) is 0 Å². The monoisotopic (exact) mass is 289 g/mol. The Morgan fingerprint density at radius 3 is 2.52 bits per heavy atom. The third-order valence-electron chi connectivity index (χ3n) is 3.54. The van der Waals surface area contributed by atoms with E-state index >= 15 is 0 Å². The van der Waals surface area contributed by atoms with Crippen molar-refractivity contribution >= 4 is 0 Å². The highest BCUT2D eigenvalue weighted by Crippen LogP contribution is 2.27. The van der Waals surface area contributed by atoms with Gasteiger partial charge in [-0.05, 0) is 67.8 Å². The van der Waals surface area contributed by atoms with Crippen molar-refractivity contribution in [2.45, 2.75) is 33.2 Å². The maximum atomic E-state index is 14.1. The third-order valence-corrected chi connectivity index (χ3v) is 3.54. The summed E-state index contributed by atoms with van der Waals surface area (Å²) in [7, 11) is 0.